The molecule has 0 fully saturated rings. The Balaban J connectivity index is 3.38. The van der Waals surface area contributed by atoms with Gasteiger partial charge < -0.3 is 14.9 Å². The van der Waals surface area contributed by atoms with Gasteiger partial charge in [-0.2, -0.15) is 14.0 Å². The fraction of sp³-hybridized carbons (Fsp3) is 0.200. The second-order valence-corrected chi connectivity index (χ2v) is 3.10. The van der Waals surface area contributed by atoms with E-state index >= 15 is 0 Å². The van der Waals surface area contributed by atoms with Gasteiger partial charge in [0.25, 0.3) is 0 Å². The molecule has 1 aromatic carbocycles. The summed E-state index contributed by atoms with van der Waals surface area (Å²) in [4.78, 5) is 10.5. The van der Waals surface area contributed by atoms with Crippen LogP contribution in [0.1, 0.15) is 17.2 Å². The number of hydrogen-bond donors (Lipinski definition) is 2. The van der Waals surface area contributed by atoms with E-state index in [1.54, 1.807) is 0 Å². The molecule has 0 radical (unpaired) electrons. The summed E-state index contributed by atoms with van der Waals surface area (Å²) in [5.74, 6) is -4.05. The topological polar surface area (TPSA) is 90.5 Å². The third-order valence-corrected chi connectivity index (χ3v) is 1.94. The molecule has 0 saturated carbocycles. The van der Waals surface area contributed by atoms with Crippen LogP contribution >= 0.6 is 0 Å². The molecule has 1 unspecified atom stereocenters. The van der Waals surface area contributed by atoms with Crippen molar-refractivity contribution in [3.05, 3.63) is 29.1 Å². The van der Waals surface area contributed by atoms with Gasteiger partial charge in [0.2, 0.25) is 0 Å². The van der Waals surface area contributed by atoms with E-state index < -0.39 is 35.8 Å². The highest BCUT2D eigenvalue weighted by molar-refractivity contribution is 5.75. The van der Waals surface area contributed by atoms with E-state index in [9.17, 15) is 23.1 Å². The molecule has 0 amide bonds. The number of alkyl halides is 2. The van der Waals surface area contributed by atoms with Gasteiger partial charge in [-0.25, -0.2) is 9.18 Å². The molecule has 0 bridgehead atoms. The lowest BCUT2D eigenvalue weighted by molar-refractivity contribution is -0.147. The number of aliphatic carboxylic acids is 1. The van der Waals surface area contributed by atoms with Crippen molar-refractivity contribution in [3.63, 3.8) is 0 Å². The van der Waals surface area contributed by atoms with Crippen LogP contribution in [0.25, 0.3) is 0 Å². The number of aliphatic hydroxyl groups is 1. The predicted molar refractivity (Wildman–Crippen MR) is 50.3 cm³/mol. The van der Waals surface area contributed by atoms with E-state index in [-0.39, 0.29) is 5.56 Å². The first-order valence-corrected chi connectivity index (χ1v) is 4.46. The maximum Gasteiger partial charge on any atom is 0.387 e. The number of carboxylic acid groups (broad SMARTS) is 1. The van der Waals surface area contributed by atoms with E-state index in [0.717, 1.165) is 6.07 Å². The van der Waals surface area contributed by atoms with Crippen LogP contribution in [-0.4, -0.2) is 22.8 Å². The third-order valence-electron chi connectivity index (χ3n) is 1.94. The summed E-state index contributed by atoms with van der Waals surface area (Å²) >= 11 is 0. The van der Waals surface area contributed by atoms with Gasteiger partial charge in [-0.3, -0.25) is 0 Å². The normalized spacial score (nSPS) is 12.0. The number of hydrogen-bond acceptors (Lipinski definition) is 4. The Bertz CT molecular complexity index is 513. The van der Waals surface area contributed by atoms with Crippen molar-refractivity contribution in [2.75, 3.05) is 0 Å². The maximum absolute atomic E-state index is 13.5. The molecule has 0 saturated heterocycles. The van der Waals surface area contributed by atoms with E-state index in [0.29, 0.717) is 6.07 Å². The van der Waals surface area contributed by atoms with Crippen LogP contribution in [0.5, 0.6) is 5.75 Å². The molecule has 0 aliphatic rings. The SMILES string of the molecule is N#Cc1cc(F)c(C(O)C(=O)O)c(OC(F)F)c1. The summed E-state index contributed by atoms with van der Waals surface area (Å²) in [5.41, 5.74) is -1.30. The Morgan fingerprint density at radius 3 is 2.50 bits per heavy atom. The molecule has 8 heteroatoms. The van der Waals surface area contributed by atoms with Crippen molar-refractivity contribution >= 4 is 5.97 Å². The zero-order chi connectivity index (χ0) is 13.9. The fourth-order valence-electron chi connectivity index (χ4n) is 1.24. The quantitative estimate of drug-likeness (QED) is 0.855. The number of halogens is 3. The highest BCUT2D eigenvalue weighted by Crippen LogP contribution is 2.31. The van der Waals surface area contributed by atoms with Gasteiger partial charge in [0.15, 0.2) is 6.10 Å². The summed E-state index contributed by atoms with van der Waals surface area (Å²) in [6.45, 7) is -3.35. The van der Waals surface area contributed by atoms with Gasteiger partial charge in [0, 0.05) is 0 Å². The molecule has 0 aliphatic heterocycles. The van der Waals surface area contributed by atoms with Crippen molar-refractivity contribution < 1.29 is 32.9 Å². The van der Waals surface area contributed by atoms with Gasteiger partial charge in [0.1, 0.15) is 11.6 Å². The Morgan fingerprint density at radius 1 is 1.44 bits per heavy atom. The molecule has 0 spiro atoms. The number of nitriles is 1. The first-order chi connectivity index (χ1) is 8.36. The maximum atomic E-state index is 13.5. The zero-order valence-electron chi connectivity index (χ0n) is 8.60. The summed E-state index contributed by atoms with van der Waals surface area (Å²) < 4.78 is 41.5. The molecule has 0 heterocycles. The van der Waals surface area contributed by atoms with Crippen LogP contribution in [0.2, 0.25) is 0 Å². The van der Waals surface area contributed by atoms with Crippen LogP contribution < -0.4 is 4.74 Å². The van der Waals surface area contributed by atoms with Crippen LogP contribution in [0.3, 0.4) is 0 Å². The van der Waals surface area contributed by atoms with Gasteiger partial charge in [-0.05, 0) is 12.1 Å². The highest BCUT2D eigenvalue weighted by atomic mass is 19.3. The molecule has 96 valence electrons. The molecule has 0 aromatic heterocycles. The van der Waals surface area contributed by atoms with Crippen LogP contribution in [0.4, 0.5) is 13.2 Å². The van der Waals surface area contributed by atoms with E-state index in [1.165, 1.54) is 6.07 Å². The Labute approximate surface area is 98.6 Å². The molecule has 2 N–H and O–H groups in total. The zero-order valence-corrected chi connectivity index (χ0v) is 8.60. The smallest absolute Gasteiger partial charge is 0.387 e. The third kappa shape index (κ3) is 2.89. The number of benzene rings is 1. The lowest BCUT2D eigenvalue weighted by atomic mass is 10.0. The predicted octanol–water partition coefficient (Wildman–Crippen LogP) is 1.42. The Hall–Kier alpha value is -2.27. The summed E-state index contributed by atoms with van der Waals surface area (Å²) in [6, 6.07) is 2.81. The largest absolute Gasteiger partial charge is 0.479 e. The molecule has 18 heavy (non-hydrogen) atoms. The van der Waals surface area contributed by atoms with Crippen molar-refractivity contribution in [2.45, 2.75) is 12.7 Å². The Kier molecular flexibility index (Phi) is 4.12. The average molecular weight is 261 g/mol. The first-order valence-electron chi connectivity index (χ1n) is 4.46. The van der Waals surface area contributed by atoms with Crippen LogP contribution in [0, 0.1) is 17.1 Å². The second-order valence-electron chi connectivity index (χ2n) is 3.10. The van der Waals surface area contributed by atoms with Crippen molar-refractivity contribution in [2.24, 2.45) is 0 Å². The Morgan fingerprint density at radius 2 is 2.06 bits per heavy atom. The fourth-order valence-corrected chi connectivity index (χ4v) is 1.24. The van der Waals surface area contributed by atoms with Crippen molar-refractivity contribution in [1.29, 1.82) is 5.26 Å². The minimum absolute atomic E-state index is 0.343. The lowest BCUT2D eigenvalue weighted by Crippen LogP contribution is -2.15. The van der Waals surface area contributed by atoms with E-state index in [1.807, 2.05) is 0 Å². The van der Waals surface area contributed by atoms with E-state index in [2.05, 4.69) is 4.74 Å². The first kappa shape index (κ1) is 13.8. The number of carboxylic acids is 1. The number of rotatable bonds is 4. The summed E-state index contributed by atoms with van der Waals surface area (Å²) in [5, 5.41) is 26.2. The molecule has 1 rings (SSSR count). The van der Waals surface area contributed by atoms with Crippen molar-refractivity contribution in [3.8, 4) is 11.8 Å². The van der Waals surface area contributed by atoms with Gasteiger partial charge in [0.05, 0.1) is 17.2 Å². The number of ether oxygens (including phenoxy) is 1. The standard InChI is InChI=1S/C10H6F3NO4/c11-5-1-4(3-14)2-6(18-10(12)13)7(5)8(15)9(16)17/h1-2,8,10,15H,(H,16,17). The van der Waals surface area contributed by atoms with E-state index in [4.69, 9.17) is 10.4 Å². The minimum atomic E-state index is -3.35. The summed E-state index contributed by atoms with van der Waals surface area (Å²) in [7, 11) is 0. The monoisotopic (exact) mass is 261 g/mol. The van der Waals surface area contributed by atoms with Gasteiger partial charge in [-0.15, -0.1) is 0 Å². The van der Waals surface area contributed by atoms with Crippen LogP contribution in [-0.2, 0) is 4.79 Å². The average Bonchev–Trinajstić information content (AvgIpc) is 2.26. The number of carbonyl (C=O) groups is 1. The van der Waals surface area contributed by atoms with Crippen LogP contribution in [0.15, 0.2) is 12.1 Å². The van der Waals surface area contributed by atoms with Gasteiger partial charge >= 0.3 is 12.6 Å². The van der Waals surface area contributed by atoms with Crippen molar-refractivity contribution in [1.82, 2.24) is 0 Å². The molecular weight excluding hydrogens is 255 g/mol. The second kappa shape index (κ2) is 5.37. The highest BCUT2D eigenvalue weighted by Gasteiger charge is 2.27. The lowest BCUT2D eigenvalue weighted by Gasteiger charge is -2.14. The molecule has 0 aliphatic carbocycles. The molecule has 1 aromatic rings. The number of aliphatic hydroxyl groups excluding tert-OH is 1. The minimum Gasteiger partial charge on any atom is -0.479 e. The number of nitrogens with zero attached hydrogens (tertiary/aromatic N) is 1. The molecule has 5 nitrogen and oxygen atoms in total. The molecule has 1 atom stereocenters. The summed E-state index contributed by atoms with van der Waals surface area (Å²) in [6.07, 6.45) is -2.37. The van der Waals surface area contributed by atoms with Gasteiger partial charge in [-0.1, -0.05) is 0 Å². The molecular formula is C10H6F3NO4.